The first kappa shape index (κ1) is 26.1. The van der Waals surface area contributed by atoms with Gasteiger partial charge in [-0.15, -0.1) is 34.2 Å². The molecule has 1 aliphatic heterocycles. The summed E-state index contributed by atoms with van der Waals surface area (Å²) in [4.78, 5) is 4.52. The lowest BCUT2D eigenvalue weighted by Gasteiger charge is -2.14. The van der Waals surface area contributed by atoms with E-state index in [2.05, 4.69) is 35.1 Å². The first-order valence-electron chi connectivity index (χ1n) is 10.7. The van der Waals surface area contributed by atoms with E-state index in [0.717, 1.165) is 43.9 Å². The Bertz CT molecular complexity index is 878. The highest BCUT2D eigenvalue weighted by atomic mass is 127. The van der Waals surface area contributed by atoms with Crippen LogP contribution in [0.25, 0.3) is 0 Å². The average molecular weight is 564 g/mol. The molecule has 0 atom stereocenters. The Morgan fingerprint density at radius 1 is 1.22 bits per heavy atom. The molecule has 11 heteroatoms. The first-order chi connectivity index (χ1) is 15.1. The van der Waals surface area contributed by atoms with Crippen molar-refractivity contribution in [2.45, 2.75) is 58.7 Å². The number of hydrogen-bond acceptors (Lipinski definition) is 5. The van der Waals surface area contributed by atoms with Crippen molar-refractivity contribution in [3.05, 3.63) is 35.4 Å². The lowest BCUT2D eigenvalue weighted by molar-refractivity contribution is -0.0504. The zero-order chi connectivity index (χ0) is 22.1. The van der Waals surface area contributed by atoms with Crippen LogP contribution in [0, 0.1) is 0 Å². The normalized spacial score (nSPS) is 13.7. The number of methoxy groups -OCH3 is 1. The second kappa shape index (κ2) is 13.4. The SMILES string of the molecule is CCNC(=NCc1cc(OC)ccc1OC(F)F)NCCc1nnc2n1CCCCC2.I. The number of rotatable bonds is 9. The maximum absolute atomic E-state index is 12.7. The average Bonchev–Trinajstić information content (AvgIpc) is 2.98. The summed E-state index contributed by atoms with van der Waals surface area (Å²) in [5, 5.41) is 15.1. The van der Waals surface area contributed by atoms with Gasteiger partial charge in [-0.25, -0.2) is 4.99 Å². The third-order valence-electron chi connectivity index (χ3n) is 5.06. The fourth-order valence-electron chi connectivity index (χ4n) is 3.55. The molecular weight excluding hydrogens is 533 g/mol. The first-order valence-corrected chi connectivity index (χ1v) is 10.7. The Hall–Kier alpha value is -2.18. The van der Waals surface area contributed by atoms with Crippen LogP contribution in [0.1, 0.15) is 43.4 Å². The minimum Gasteiger partial charge on any atom is -0.497 e. The van der Waals surface area contributed by atoms with E-state index in [1.54, 1.807) is 12.1 Å². The molecule has 0 unspecified atom stereocenters. The van der Waals surface area contributed by atoms with Gasteiger partial charge in [-0.3, -0.25) is 0 Å². The monoisotopic (exact) mass is 564 g/mol. The molecule has 32 heavy (non-hydrogen) atoms. The quantitative estimate of drug-likeness (QED) is 0.276. The van der Waals surface area contributed by atoms with Crippen molar-refractivity contribution >= 4 is 29.9 Å². The van der Waals surface area contributed by atoms with E-state index < -0.39 is 6.61 Å². The molecule has 0 aliphatic carbocycles. The number of halogens is 3. The number of hydrogen-bond donors (Lipinski definition) is 2. The molecule has 1 aromatic heterocycles. The van der Waals surface area contributed by atoms with Crippen LogP contribution in [0.2, 0.25) is 0 Å². The third kappa shape index (κ3) is 7.45. The maximum Gasteiger partial charge on any atom is 0.387 e. The van der Waals surface area contributed by atoms with Crippen LogP contribution >= 0.6 is 24.0 Å². The summed E-state index contributed by atoms with van der Waals surface area (Å²) in [6.45, 7) is 1.49. The summed E-state index contributed by atoms with van der Waals surface area (Å²) in [6, 6.07) is 4.69. The second-order valence-electron chi connectivity index (χ2n) is 7.22. The highest BCUT2D eigenvalue weighted by Gasteiger charge is 2.15. The van der Waals surface area contributed by atoms with Crippen LogP contribution in [-0.2, 0) is 25.9 Å². The number of aliphatic imine (C=N–C) groups is 1. The van der Waals surface area contributed by atoms with Gasteiger partial charge in [-0.2, -0.15) is 8.78 Å². The molecule has 0 fully saturated rings. The van der Waals surface area contributed by atoms with Gasteiger partial charge in [-0.05, 0) is 38.0 Å². The number of nitrogens with zero attached hydrogens (tertiary/aromatic N) is 4. The van der Waals surface area contributed by atoms with Gasteiger partial charge in [0.1, 0.15) is 23.1 Å². The van der Waals surface area contributed by atoms with Gasteiger partial charge in [0.15, 0.2) is 5.96 Å². The molecule has 1 aliphatic rings. The molecule has 0 amide bonds. The predicted molar refractivity (Wildman–Crippen MR) is 129 cm³/mol. The Labute approximate surface area is 204 Å². The molecular formula is C21H31F2IN6O2. The van der Waals surface area contributed by atoms with Gasteiger partial charge in [0.05, 0.1) is 13.7 Å². The van der Waals surface area contributed by atoms with Crippen molar-refractivity contribution in [1.29, 1.82) is 0 Å². The van der Waals surface area contributed by atoms with Crippen LogP contribution < -0.4 is 20.1 Å². The van der Waals surface area contributed by atoms with Crippen LogP contribution in [-0.4, -0.2) is 47.5 Å². The lowest BCUT2D eigenvalue weighted by Crippen LogP contribution is -2.38. The number of ether oxygens (including phenoxy) is 2. The van der Waals surface area contributed by atoms with E-state index in [1.165, 1.54) is 19.6 Å². The highest BCUT2D eigenvalue weighted by Crippen LogP contribution is 2.26. The molecule has 2 heterocycles. The molecule has 0 spiro atoms. The molecule has 2 N–H and O–H groups in total. The fraction of sp³-hybridized carbons (Fsp3) is 0.571. The summed E-state index contributed by atoms with van der Waals surface area (Å²) >= 11 is 0. The van der Waals surface area contributed by atoms with Crippen LogP contribution in [0.4, 0.5) is 8.78 Å². The summed E-state index contributed by atoms with van der Waals surface area (Å²) < 4.78 is 37.5. The van der Waals surface area contributed by atoms with Gasteiger partial charge in [0.25, 0.3) is 0 Å². The van der Waals surface area contributed by atoms with Crippen molar-refractivity contribution < 1.29 is 18.3 Å². The van der Waals surface area contributed by atoms with Crippen LogP contribution in [0.3, 0.4) is 0 Å². The Morgan fingerprint density at radius 2 is 2.06 bits per heavy atom. The van der Waals surface area contributed by atoms with Crippen LogP contribution in [0.5, 0.6) is 11.5 Å². The molecule has 3 rings (SSSR count). The maximum atomic E-state index is 12.7. The van der Waals surface area contributed by atoms with Gasteiger partial charge in [-0.1, -0.05) is 6.42 Å². The number of aryl methyl sites for hydroxylation is 1. The second-order valence-corrected chi connectivity index (χ2v) is 7.22. The van der Waals surface area contributed by atoms with E-state index in [1.807, 2.05) is 6.92 Å². The van der Waals surface area contributed by atoms with E-state index in [4.69, 9.17) is 4.74 Å². The summed E-state index contributed by atoms with van der Waals surface area (Å²) in [7, 11) is 1.52. The lowest BCUT2D eigenvalue weighted by atomic mass is 10.2. The molecule has 0 radical (unpaired) electrons. The van der Waals surface area contributed by atoms with Crippen molar-refractivity contribution in [2.24, 2.45) is 4.99 Å². The van der Waals surface area contributed by atoms with Gasteiger partial charge < -0.3 is 24.7 Å². The van der Waals surface area contributed by atoms with Crippen molar-refractivity contribution in [3.63, 3.8) is 0 Å². The Morgan fingerprint density at radius 3 is 2.81 bits per heavy atom. The van der Waals surface area contributed by atoms with E-state index in [0.29, 0.717) is 30.4 Å². The smallest absolute Gasteiger partial charge is 0.387 e. The standard InChI is InChI=1S/C21H30F2N6O2.HI/c1-3-24-21(25-11-10-19-28-27-18-7-5-4-6-12-29(18)19)26-14-15-13-16(30-2)8-9-17(15)31-20(22)23;/h8-9,13,20H,3-7,10-12,14H2,1-2H3,(H2,24,25,26);1H. The summed E-state index contributed by atoms with van der Waals surface area (Å²) in [5.74, 6) is 3.26. The number of benzene rings is 1. The largest absolute Gasteiger partial charge is 0.497 e. The zero-order valence-corrected chi connectivity index (χ0v) is 20.8. The number of aromatic nitrogens is 3. The number of guanidine groups is 1. The topological polar surface area (TPSA) is 85.6 Å². The molecule has 178 valence electrons. The fourth-order valence-corrected chi connectivity index (χ4v) is 3.55. The predicted octanol–water partition coefficient (Wildman–Crippen LogP) is 3.53. The van der Waals surface area contributed by atoms with Crippen molar-refractivity contribution in [3.8, 4) is 11.5 Å². The molecule has 0 saturated carbocycles. The molecule has 2 aromatic rings. The third-order valence-corrected chi connectivity index (χ3v) is 5.06. The number of alkyl halides is 2. The minimum atomic E-state index is -2.90. The van der Waals surface area contributed by atoms with E-state index in [-0.39, 0.29) is 36.3 Å². The summed E-state index contributed by atoms with van der Waals surface area (Å²) in [5.41, 5.74) is 0.514. The molecule has 8 nitrogen and oxygen atoms in total. The Kier molecular flexibility index (Phi) is 10.9. The number of fused-ring (bicyclic) bond motifs is 1. The van der Waals surface area contributed by atoms with Crippen molar-refractivity contribution in [1.82, 2.24) is 25.4 Å². The van der Waals surface area contributed by atoms with Gasteiger partial charge in [0.2, 0.25) is 0 Å². The van der Waals surface area contributed by atoms with Crippen LogP contribution in [0.15, 0.2) is 23.2 Å². The zero-order valence-electron chi connectivity index (χ0n) is 18.4. The molecule has 1 aromatic carbocycles. The minimum absolute atomic E-state index is 0. The molecule has 0 bridgehead atoms. The Balaban J connectivity index is 0.00000363. The van der Waals surface area contributed by atoms with Crippen molar-refractivity contribution in [2.75, 3.05) is 20.2 Å². The van der Waals surface area contributed by atoms with E-state index in [9.17, 15) is 8.78 Å². The van der Waals surface area contributed by atoms with Gasteiger partial charge >= 0.3 is 6.61 Å². The molecule has 0 saturated heterocycles. The summed E-state index contributed by atoms with van der Waals surface area (Å²) in [6.07, 6.45) is 5.23. The number of nitrogens with one attached hydrogen (secondary N) is 2. The highest BCUT2D eigenvalue weighted by molar-refractivity contribution is 14.0. The van der Waals surface area contributed by atoms with E-state index >= 15 is 0 Å². The van der Waals surface area contributed by atoms with Gasteiger partial charge in [0, 0.05) is 38.0 Å².